The quantitative estimate of drug-likeness (QED) is 0.839. The normalized spacial score (nSPS) is 19.0. The molecule has 23 heavy (non-hydrogen) atoms. The van der Waals surface area contributed by atoms with Crippen LogP contribution in [0.1, 0.15) is 56.3 Å². The Labute approximate surface area is 140 Å². The Kier molecular flexibility index (Phi) is 6.46. The van der Waals surface area contributed by atoms with Crippen LogP contribution in [0.5, 0.6) is 0 Å². The molecule has 2 atom stereocenters. The lowest BCUT2D eigenvalue weighted by molar-refractivity contribution is 0.0682. The topological polar surface area (TPSA) is 43.8 Å². The van der Waals surface area contributed by atoms with Crippen LogP contribution in [0, 0.1) is 0 Å². The molecule has 128 valence electrons. The van der Waals surface area contributed by atoms with Gasteiger partial charge in [-0.1, -0.05) is 13.3 Å². The summed E-state index contributed by atoms with van der Waals surface area (Å²) in [6.07, 6.45) is 4.69. The molecular weight excluding hydrogens is 288 g/mol. The Morgan fingerprint density at radius 2 is 2.09 bits per heavy atom. The van der Waals surface area contributed by atoms with Crippen molar-refractivity contribution in [1.82, 2.24) is 4.90 Å². The highest BCUT2D eigenvalue weighted by atomic mass is 16.3. The number of carbonyl (C=O) groups excluding carboxylic acids is 1. The minimum absolute atomic E-state index is 0.0934. The van der Waals surface area contributed by atoms with Crippen LogP contribution in [-0.2, 0) is 0 Å². The molecule has 2 rings (SSSR count). The summed E-state index contributed by atoms with van der Waals surface area (Å²) in [7, 11) is 2.09. The maximum atomic E-state index is 12.7. The Hall–Kier alpha value is -1.55. The molecule has 1 N–H and O–H groups in total. The van der Waals surface area contributed by atoms with Gasteiger partial charge in [-0.05, 0) is 56.9 Å². The Bertz CT molecular complexity index is 499. The first kappa shape index (κ1) is 17.8. The highest BCUT2D eigenvalue weighted by Crippen LogP contribution is 2.24. The van der Waals surface area contributed by atoms with Crippen molar-refractivity contribution in [2.45, 2.75) is 58.1 Å². The third-order valence-electron chi connectivity index (χ3n) is 4.65. The fourth-order valence-electron chi connectivity index (χ4n) is 3.29. The first-order valence-electron chi connectivity index (χ1n) is 8.83. The van der Waals surface area contributed by atoms with E-state index in [1.54, 1.807) is 6.92 Å². The maximum Gasteiger partial charge on any atom is 0.254 e. The monoisotopic (exact) mass is 318 g/mol. The zero-order chi connectivity index (χ0) is 16.8. The number of aliphatic hydroxyl groups excluding tert-OH is 1. The Morgan fingerprint density at radius 3 is 2.70 bits per heavy atom. The molecule has 0 saturated carbocycles. The minimum Gasteiger partial charge on any atom is -0.393 e. The van der Waals surface area contributed by atoms with E-state index in [9.17, 15) is 9.90 Å². The number of hydrogen-bond acceptors (Lipinski definition) is 3. The predicted octanol–water partition coefficient (Wildman–Crippen LogP) is 3.30. The van der Waals surface area contributed by atoms with Gasteiger partial charge in [0.05, 0.1) is 6.10 Å². The number of benzene rings is 1. The zero-order valence-corrected chi connectivity index (χ0v) is 14.7. The van der Waals surface area contributed by atoms with Gasteiger partial charge in [-0.15, -0.1) is 0 Å². The molecule has 0 radical (unpaired) electrons. The van der Waals surface area contributed by atoms with Crippen molar-refractivity contribution in [3.8, 4) is 0 Å². The zero-order valence-electron chi connectivity index (χ0n) is 14.7. The van der Waals surface area contributed by atoms with Crippen LogP contribution in [0.15, 0.2) is 24.3 Å². The van der Waals surface area contributed by atoms with Gasteiger partial charge in [0.15, 0.2) is 0 Å². The Morgan fingerprint density at radius 1 is 1.39 bits per heavy atom. The average Bonchev–Trinajstić information content (AvgIpc) is 2.99. The number of anilines is 1. The number of nitrogens with zero attached hydrogens (tertiary/aromatic N) is 2. The molecule has 1 heterocycles. The van der Waals surface area contributed by atoms with Gasteiger partial charge in [0.25, 0.3) is 5.91 Å². The minimum atomic E-state index is -0.358. The van der Waals surface area contributed by atoms with Crippen LogP contribution >= 0.6 is 0 Å². The van der Waals surface area contributed by atoms with Crippen molar-refractivity contribution in [3.63, 3.8) is 0 Å². The summed E-state index contributed by atoms with van der Waals surface area (Å²) in [5.41, 5.74) is 1.90. The average molecular weight is 318 g/mol. The molecule has 0 aromatic heterocycles. The van der Waals surface area contributed by atoms with E-state index in [1.165, 1.54) is 12.8 Å². The molecule has 0 bridgehead atoms. The van der Waals surface area contributed by atoms with Crippen molar-refractivity contribution < 1.29 is 9.90 Å². The van der Waals surface area contributed by atoms with Gasteiger partial charge in [0.1, 0.15) is 0 Å². The second-order valence-corrected chi connectivity index (χ2v) is 6.70. The van der Waals surface area contributed by atoms with E-state index in [0.29, 0.717) is 6.42 Å². The van der Waals surface area contributed by atoms with Crippen LogP contribution in [-0.4, -0.2) is 48.2 Å². The van der Waals surface area contributed by atoms with Gasteiger partial charge in [0.2, 0.25) is 0 Å². The van der Waals surface area contributed by atoms with Gasteiger partial charge in [0, 0.05) is 37.4 Å². The fraction of sp³-hybridized carbons (Fsp3) is 0.632. The number of carbonyl (C=O) groups is 1. The summed E-state index contributed by atoms with van der Waals surface area (Å²) in [6, 6.07) is 8.09. The van der Waals surface area contributed by atoms with Crippen LogP contribution in [0.2, 0.25) is 0 Å². The highest BCUT2D eigenvalue weighted by Gasteiger charge is 2.30. The molecule has 1 aliphatic rings. The van der Waals surface area contributed by atoms with Crippen LogP contribution in [0.4, 0.5) is 5.69 Å². The van der Waals surface area contributed by atoms with Gasteiger partial charge < -0.3 is 14.9 Å². The molecule has 1 aliphatic heterocycles. The van der Waals surface area contributed by atoms with Gasteiger partial charge in [-0.25, -0.2) is 0 Å². The van der Waals surface area contributed by atoms with E-state index in [4.69, 9.17) is 0 Å². The molecule has 0 spiro atoms. The number of hydrogen-bond donors (Lipinski definition) is 1. The van der Waals surface area contributed by atoms with Crippen LogP contribution < -0.4 is 4.90 Å². The molecule has 1 fully saturated rings. The molecule has 0 aliphatic carbocycles. The number of likely N-dealkylation sites (tertiary alicyclic amines) is 1. The Balaban J connectivity index is 2.02. The molecular formula is C19H30N2O2. The predicted molar refractivity (Wildman–Crippen MR) is 95.0 cm³/mol. The molecule has 2 unspecified atom stereocenters. The van der Waals surface area contributed by atoms with Gasteiger partial charge >= 0.3 is 0 Å². The summed E-state index contributed by atoms with van der Waals surface area (Å²) < 4.78 is 0. The second-order valence-electron chi connectivity index (χ2n) is 6.70. The largest absolute Gasteiger partial charge is 0.393 e. The molecule has 4 heteroatoms. The standard InChI is InChI=1S/C19H30N2O2/c1-4-5-12-20(3)17-10-8-16(9-11-17)19(23)21-13-6-7-18(21)14-15(2)22/h8-11,15,18,22H,4-7,12-14H2,1-3H3. The summed E-state index contributed by atoms with van der Waals surface area (Å²) in [4.78, 5) is 16.9. The molecule has 1 aromatic carbocycles. The van der Waals surface area contributed by atoms with Gasteiger partial charge in [-0.3, -0.25) is 4.79 Å². The van der Waals surface area contributed by atoms with E-state index < -0.39 is 0 Å². The van der Waals surface area contributed by atoms with Crippen molar-refractivity contribution in [1.29, 1.82) is 0 Å². The van der Waals surface area contributed by atoms with Crippen molar-refractivity contribution in [2.75, 3.05) is 25.0 Å². The second kappa shape index (κ2) is 8.34. The molecule has 1 amide bonds. The van der Waals surface area contributed by atoms with E-state index >= 15 is 0 Å². The number of rotatable bonds is 7. The lowest BCUT2D eigenvalue weighted by Crippen LogP contribution is -2.37. The van der Waals surface area contributed by atoms with E-state index in [1.807, 2.05) is 29.2 Å². The lowest BCUT2D eigenvalue weighted by atomic mass is 10.1. The summed E-state index contributed by atoms with van der Waals surface area (Å²) in [6.45, 7) is 5.82. The van der Waals surface area contributed by atoms with E-state index in [-0.39, 0.29) is 18.1 Å². The van der Waals surface area contributed by atoms with Crippen LogP contribution in [0.3, 0.4) is 0 Å². The summed E-state index contributed by atoms with van der Waals surface area (Å²) in [5, 5.41) is 9.61. The molecule has 1 aromatic rings. The first-order chi connectivity index (χ1) is 11.0. The van der Waals surface area contributed by atoms with Crippen molar-refractivity contribution in [2.24, 2.45) is 0 Å². The van der Waals surface area contributed by atoms with Crippen LogP contribution in [0.25, 0.3) is 0 Å². The van der Waals surface area contributed by atoms with Crippen molar-refractivity contribution in [3.05, 3.63) is 29.8 Å². The fourth-order valence-corrected chi connectivity index (χ4v) is 3.29. The SMILES string of the molecule is CCCCN(C)c1ccc(C(=O)N2CCCC2CC(C)O)cc1. The summed E-state index contributed by atoms with van der Waals surface area (Å²) >= 11 is 0. The van der Waals surface area contributed by atoms with E-state index in [0.717, 1.165) is 37.2 Å². The third-order valence-corrected chi connectivity index (χ3v) is 4.65. The summed E-state index contributed by atoms with van der Waals surface area (Å²) in [5.74, 6) is 0.0934. The smallest absolute Gasteiger partial charge is 0.254 e. The lowest BCUT2D eigenvalue weighted by Gasteiger charge is -2.26. The third kappa shape index (κ3) is 4.71. The van der Waals surface area contributed by atoms with E-state index in [2.05, 4.69) is 18.9 Å². The highest BCUT2D eigenvalue weighted by molar-refractivity contribution is 5.95. The molecule has 1 saturated heterocycles. The number of amides is 1. The number of aliphatic hydroxyl groups is 1. The number of unbranched alkanes of at least 4 members (excludes halogenated alkanes) is 1. The molecule has 4 nitrogen and oxygen atoms in total. The first-order valence-corrected chi connectivity index (χ1v) is 8.83. The van der Waals surface area contributed by atoms with Crippen molar-refractivity contribution >= 4 is 11.6 Å². The van der Waals surface area contributed by atoms with Gasteiger partial charge in [-0.2, -0.15) is 0 Å². The maximum absolute atomic E-state index is 12.7.